The van der Waals surface area contributed by atoms with Crippen molar-refractivity contribution in [3.63, 3.8) is 0 Å². The smallest absolute Gasteiger partial charge is 0.410 e. The quantitative estimate of drug-likeness (QED) is 0.753. The fourth-order valence-electron chi connectivity index (χ4n) is 2.19. The molecule has 0 aromatic heterocycles. The molecule has 1 saturated heterocycles. The molecule has 0 unspecified atom stereocenters. The third-order valence-corrected chi connectivity index (χ3v) is 3.40. The number of carbonyl (C=O) groups excluding carboxylic acids is 1. The first-order valence-electron chi connectivity index (χ1n) is 6.89. The van der Waals surface area contributed by atoms with Crippen molar-refractivity contribution in [3.05, 3.63) is 23.0 Å². The minimum Gasteiger partial charge on any atom is -0.444 e. The summed E-state index contributed by atoms with van der Waals surface area (Å²) < 4.78 is 5.39. The SMILES string of the molecule is CC(C)(C)OC(=O)N1CCN(C2=CCNC(Cl)=C2)CC1. The molecule has 0 atom stereocenters. The maximum absolute atomic E-state index is 12.0. The van der Waals surface area contributed by atoms with Gasteiger partial charge in [0.25, 0.3) is 0 Å². The van der Waals surface area contributed by atoms with E-state index in [1.165, 1.54) is 0 Å². The number of rotatable bonds is 1. The second kappa shape index (κ2) is 5.95. The Morgan fingerprint density at radius 2 is 1.95 bits per heavy atom. The summed E-state index contributed by atoms with van der Waals surface area (Å²) in [5.41, 5.74) is 0.680. The molecule has 0 spiro atoms. The zero-order chi connectivity index (χ0) is 14.8. The topological polar surface area (TPSA) is 44.8 Å². The lowest BCUT2D eigenvalue weighted by Gasteiger charge is -2.37. The second-order valence-electron chi connectivity index (χ2n) is 5.96. The second-order valence-corrected chi connectivity index (χ2v) is 6.36. The summed E-state index contributed by atoms with van der Waals surface area (Å²) in [6.45, 7) is 9.33. The third kappa shape index (κ3) is 4.07. The molecule has 0 bridgehead atoms. The van der Waals surface area contributed by atoms with Crippen molar-refractivity contribution in [2.45, 2.75) is 26.4 Å². The van der Waals surface area contributed by atoms with Crippen molar-refractivity contribution < 1.29 is 9.53 Å². The van der Waals surface area contributed by atoms with Crippen molar-refractivity contribution in [2.24, 2.45) is 0 Å². The summed E-state index contributed by atoms with van der Waals surface area (Å²) in [5, 5.41) is 3.71. The third-order valence-electron chi connectivity index (χ3n) is 3.15. The van der Waals surface area contributed by atoms with E-state index in [1.54, 1.807) is 4.90 Å². The molecule has 0 aromatic rings. The molecule has 2 heterocycles. The summed E-state index contributed by atoms with van der Waals surface area (Å²) >= 11 is 5.98. The maximum Gasteiger partial charge on any atom is 0.410 e. The number of hydrogen-bond acceptors (Lipinski definition) is 4. The predicted octanol–water partition coefficient (Wildman–Crippen LogP) is 2.11. The van der Waals surface area contributed by atoms with Crippen LogP contribution in [0.3, 0.4) is 0 Å². The summed E-state index contributed by atoms with van der Waals surface area (Å²) in [6, 6.07) is 0. The zero-order valence-corrected chi connectivity index (χ0v) is 13.0. The molecule has 1 fully saturated rings. The molecule has 0 aliphatic carbocycles. The first-order chi connectivity index (χ1) is 9.35. The molecular weight excluding hydrogens is 278 g/mol. The van der Waals surface area contributed by atoms with Gasteiger partial charge < -0.3 is 19.9 Å². The van der Waals surface area contributed by atoms with E-state index in [0.29, 0.717) is 18.2 Å². The Labute approximate surface area is 125 Å². The van der Waals surface area contributed by atoms with Crippen LogP contribution < -0.4 is 5.32 Å². The van der Waals surface area contributed by atoms with E-state index in [4.69, 9.17) is 16.3 Å². The number of amides is 1. The van der Waals surface area contributed by atoms with Crippen LogP contribution in [0.1, 0.15) is 20.8 Å². The van der Waals surface area contributed by atoms with Gasteiger partial charge >= 0.3 is 6.09 Å². The normalized spacial score (nSPS) is 20.0. The lowest BCUT2D eigenvalue weighted by Crippen LogP contribution is -2.49. The molecule has 2 aliphatic rings. The van der Waals surface area contributed by atoms with Crippen LogP contribution >= 0.6 is 11.6 Å². The van der Waals surface area contributed by atoms with E-state index in [9.17, 15) is 4.79 Å². The summed E-state index contributed by atoms with van der Waals surface area (Å²) in [4.78, 5) is 16.0. The fraction of sp³-hybridized carbons (Fsp3) is 0.643. The molecule has 2 rings (SSSR count). The Morgan fingerprint density at radius 3 is 2.50 bits per heavy atom. The number of halogens is 1. The maximum atomic E-state index is 12.0. The van der Waals surface area contributed by atoms with Gasteiger partial charge in [-0.1, -0.05) is 11.6 Å². The molecule has 6 heteroatoms. The number of nitrogens with one attached hydrogen (secondary N) is 1. The minimum absolute atomic E-state index is 0.231. The highest BCUT2D eigenvalue weighted by atomic mass is 35.5. The largest absolute Gasteiger partial charge is 0.444 e. The van der Waals surface area contributed by atoms with E-state index in [2.05, 4.69) is 16.3 Å². The average molecular weight is 300 g/mol. The van der Waals surface area contributed by atoms with Crippen LogP contribution in [-0.4, -0.2) is 54.2 Å². The Balaban J connectivity index is 1.87. The van der Waals surface area contributed by atoms with E-state index >= 15 is 0 Å². The first-order valence-corrected chi connectivity index (χ1v) is 7.27. The Bertz CT molecular complexity index is 432. The highest BCUT2D eigenvalue weighted by Gasteiger charge is 2.26. The van der Waals surface area contributed by atoms with Gasteiger partial charge in [0.1, 0.15) is 10.8 Å². The number of dihydropyridines is 1. The molecule has 5 nitrogen and oxygen atoms in total. The number of ether oxygens (including phenoxy) is 1. The predicted molar refractivity (Wildman–Crippen MR) is 79.4 cm³/mol. The average Bonchev–Trinajstić information content (AvgIpc) is 2.37. The van der Waals surface area contributed by atoms with Gasteiger partial charge in [0.2, 0.25) is 0 Å². The van der Waals surface area contributed by atoms with Gasteiger partial charge in [-0.2, -0.15) is 0 Å². The van der Waals surface area contributed by atoms with Crippen molar-refractivity contribution >= 4 is 17.7 Å². The zero-order valence-electron chi connectivity index (χ0n) is 12.3. The lowest BCUT2D eigenvalue weighted by atomic mass is 10.2. The van der Waals surface area contributed by atoms with E-state index < -0.39 is 5.60 Å². The van der Waals surface area contributed by atoms with Crippen LogP contribution in [0, 0.1) is 0 Å². The van der Waals surface area contributed by atoms with Gasteiger partial charge in [0.15, 0.2) is 0 Å². The van der Waals surface area contributed by atoms with Crippen molar-refractivity contribution in [3.8, 4) is 0 Å². The van der Waals surface area contributed by atoms with Crippen molar-refractivity contribution in [1.82, 2.24) is 15.1 Å². The van der Waals surface area contributed by atoms with Crippen LogP contribution in [0.25, 0.3) is 0 Å². The number of nitrogens with zero attached hydrogens (tertiary/aromatic N) is 2. The molecule has 20 heavy (non-hydrogen) atoms. The van der Waals surface area contributed by atoms with Gasteiger partial charge in [0, 0.05) is 38.4 Å². The van der Waals surface area contributed by atoms with Gasteiger partial charge in [0.05, 0.1) is 0 Å². The molecule has 1 N–H and O–H groups in total. The van der Waals surface area contributed by atoms with Crippen molar-refractivity contribution in [2.75, 3.05) is 32.7 Å². The Morgan fingerprint density at radius 1 is 1.30 bits per heavy atom. The monoisotopic (exact) mass is 299 g/mol. The molecule has 0 radical (unpaired) electrons. The van der Waals surface area contributed by atoms with Gasteiger partial charge in [-0.05, 0) is 32.9 Å². The van der Waals surface area contributed by atoms with Crippen LogP contribution in [-0.2, 0) is 4.74 Å². The van der Waals surface area contributed by atoms with Crippen LogP contribution in [0.4, 0.5) is 4.79 Å². The highest BCUT2D eigenvalue weighted by molar-refractivity contribution is 6.29. The lowest BCUT2D eigenvalue weighted by molar-refractivity contribution is 0.0171. The molecule has 112 valence electrons. The number of hydrogen-bond donors (Lipinski definition) is 1. The number of carbonyl (C=O) groups is 1. The Kier molecular flexibility index (Phi) is 4.48. The number of piperazine rings is 1. The molecule has 0 saturated carbocycles. The van der Waals surface area contributed by atoms with Gasteiger partial charge in [-0.15, -0.1) is 0 Å². The summed E-state index contributed by atoms with van der Waals surface area (Å²) in [6.07, 6.45) is 3.80. The first kappa shape index (κ1) is 15.0. The number of allylic oxidation sites excluding steroid dienone is 1. The summed E-state index contributed by atoms with van der Waals surface area (Å²) in [7, 11) is 0. The van der Waals surface area contributed by atoms with E-state index in [-0.39, 0.29) is 6.09 Å². The molecule has 2 aliphatic heterocycles. The molecule has 1 amide bonds. The van der Waals surface area contributed by atoms with Gasteiger partial charge in [-0.25, -0.2) is 4.79 Å². The van der Waals surface area contributed by atoms with E-state index in [0.717, 1.165) is 25.3 Å². The van der Waals surface area contributed by atoms with Crippen LogP contribution in [0.5, 0.6) is 0 Å². The van der Waals surface area contributed by atoms with Crippen molar-refractivity contribution in [1.29, 1.82) is 0 Å². The highest BCUT2D eigenvalue weighted by Crippen LogP contribution is 2.17. The van der Waals surface area contributed by atoms with Gasteiger partial charge in [-0.3, -0.25) is 0 Å². The molecular formula is C14H22ClN3O2. The fourth-order valence-corrected chi connectivity index (χ4v) is 2.38. The standard InChI is InChI=1S/C14H22ClN3O2/c1-14(2,3)20-13(19)18-8-6-17(7-9-18)11-4-5-16-12(15)10-11/h4,10,16H,5-9H2,1-3H3. The van der Waals surface area contributed by atoms with E-state index in [1.807, 2.05) is 26.8 Å². The Hall–Kier alpha value is -1.36. The van der Waals surface area contributed by atoms with Crippen LogP contribution in [0.2, 0.25) is 0 Å². The summed E-state index contributed by atoms with van der Waals surface area (Å²) in [5.74, 6) is 0. The molecule has 0 aromatic carbocycles. The van der Waals surface area contributed by atoms with Crippen LogP contribution in [0.15, 0.2) is 23.0 Å². The minimum atomic E-state index is -0.442.